The Morgan fingerprint density at radius 1 is 1.00 bits per heavy atom. The predicted molar refractivity (Wildman–Crippen MR) is 118 cm³/mol. The van der Waals surface area contributed by atoms with Crippen molar-refractivity contribution < 1.29 is 14.6 Å². The van der Waals surface area contributed by atoms with E-state index in [0.717, 1.165) is 44.0 Å². The molecule has 1 N–H and O–H groups in total. The van der Waals surface area contributed by atoms with Gasteiger partial charge in [-0.2, -0.15) is 0 Å². The van der Waals surface area contributed by atoms with E-state index < -0.39 is 0 Å². The topological polar surface area (TPSA) is 67.2 Å². The van der Waals surface area contributed by atoms with Crippen molar-refractivity contribution >= 4 is 0 Å². The highest BCUT2D eigenvalue weighted by molar-refractivity contribution is 5.48. The van der Waals surface area contributed by atoms with Crippen molar-refractivity contribution in [2.24, 2.45) is 0 Å². The number of hydrogen-bond acceptors (Lipinski definition) is 6. The molecule has 1 aromatic heterocycles. The molecule has 0 unspecified atom stereocenters. The van der Waals surface area contributed by atoms with Gasteiger partial charge >= 0.3 is 0 Å². The summed E-state index contributed by atoms with van der Waals surface area (Å²) in [7, 11) is 3.20. The van der Waals surface area contributed by atoms with Gasteiger partial charge in [0.15, 0.2) is 11.5 Å². The maximum atomic E-state index is 13.4. The summed E-state index contributed by atoms with van der Waals surface area (Å²) in [5.41, 5.74) is 1.93. The molecule has 3 rings (SSSR count). The fraction of sp³-hybridized carbons (Fsp3) is 0.522. The lowest BCUT2D eigenvalue weighted by Gasteiger charge is -2.39. The fourth-order valence-corrected chi connectivity index (χ4v) is 4.34. The summed E-state index contributed by atoms with van der Waals surface area (Å²) in [6.07, 6.45) is 0. The zero-order valence-corrected chi connectivity index (χ0v) is 18.6. The molecule has 2 heterocycles. The van der Waals surface area contributed by atoms with E-state index >= 15 is 0 Å². The number of nitrogens with zero attached hydrogens (tertiary/aromatic N) is 3. The van der Waals surface area contributed by atoms with E-state index in [0.29, 0.717) is 23.6 Å². The minimum atomic E-state index is -0.366. The second-order valence-corrected chi connectivity index (χ2v) is 7.62. The summed E-state index contributed by atoms with van der Waals surface area (Å²) >= 11 is 0. The molecule has 0 saturated carbocycles. The SMILES string of the molecule is CCN1CCN([C@H](c2ccc(OC)c(OC)c2)c2c(O)cc(C)n(CC)c2=O)CC1. The van der Waals surface area contributed by atoms with Gasteiger partial charge < -0.3 is 24.0 Å². The Morgan fingerprint density at radius 3 is 2.23 bits per heavy atom. The van der Waals surface area contributed by atoms with Crippen molar-refractivity contribution in [3.8, 4) is 17.2 Å². The fourth-order valence-electron chi connectivity index (χ4n) is 4.34. The summed E-state index contributed by atoms with van der Waals surface area (Å²) in [6, 6.07) is 7.04. The van der Waals surface area contributed by atoms with Crippen LogP contribution in [-0.4, -0.2) is 66.4 Å². The number of aromatic hydroxyl groups is 1. The van der Waals surface area contributed by atoms with Crippen LogP contribution in [0.15, 0.2) is 29.1 Å². The average Bonchev–Trinajstić information content (AvgIpc) is 2.76. The molecule has 7 nitrogen and oxygen atoms in total. The van der Waals surface area contributed by atoms with E-state index in [1.54, 1.807) is 24.9 Å². The van der Waals surface area contributed by atoms with Gasteiger partial charge in [0, 0.05) is 38.4 Å². The van der Waals surface area contributed by atoms with Gasteiger partial charge in [-0.1, -0.05) is 13.0 Å². The summed E-state index contributed by atoms with van der Waals surface area (Å²) in [5.74, 6) is 1.28. The van der Waals surface area contributed by atoms with Crippen LogP contribution >= 0.6 is 0 Å². The molecule has 1 aromatic carbocycles. The number of rotatable bonds is 7. The van der Waals surface area contributed by atoms with E-state index in [4.69, 9.17) is 9.47 Å². The molecule has 30 heavy (non-hydrogen) atoms. The molecule has 2 aromatic rings. The van der Waals surface area contributed by atoms with Crippen LogP contribution in [0.2, 0.25) is 0 Å². The number of hydrogen-bond donors (Lipinski definition) is 1. The van der Waals surface area contributed by atoms with Crippen molar-refractivity contribution in [1.82, 2.24) is 14.4 Å². The Kier molecular flexibility index (Phi) is 7.05. The Balaban J connectivity index is 2.16. The second-order valence-electron chi connectivity index (χ2n) is 7.62. The van der Waals surface area contributed by atoms with Crippen LogP contribution in [0.4, 0.5) is 0 Å². The minimum Gasteiger partial charge on any atom is -0.507 e. The number of likely N-dealkylation sites (N-methyl/N-ethyl adjacent to an activating group) is 1. The van der Waals surface area contributed by atoms with E-state index in [2.05, 4.69) is 16.7 Å². The quantitative estimate of drug-likeness (QED) is 0.750. The van der Waals surface area contributed by atoms with Gasteiger partial charge in [-0.3, -0.25) is 9.69 Å². The second kappa shape index (κ2) is 9.53. The largest absolute Gasteiger partial charge is 0.507 e. The van der Waals surface area contributed by atoms with Crippen molar-refractivity contribution in [2.45, 2.75) is 33.4 Å². The number of piperazine rings is 1. The average molecular weight is 416 g/mol. The van der Waals surface area contributed by atoms with Gasteiger partial charge in [0.2, 0.25) is 0 Å². The number of benzene rings is 1. The zero-order chi connectivity index (χ0) is 21.8. The third kappa shape index (κ3) is 4.18. The molecule has 1 fully saturated rings. The molecule has 1 atom stereocenters. The number of methoxy groups -OCH3 is 2. The van der Waals surface area contributed by atoms with Crippen LogP contribution in [0.1, 0.15) is 36.7 Å². The summed E-state index contributed by atoms with van der Waals surface area (Å²) in [5, 5.41) is 10.9. The van der Waals surface area contributed by atoms with Gasteiger partial charge in [0.1, 0.15) is 5.75 Å². The summed E-state index contributed by atoms with van der Waals surface area (Å²) < 4.78 is 12.6. The molecular formula is C23H33N3O4. The maximum Gasteiger partial charge on any atom is 0.259 e. The van der Waals surface area contributed by atoms with Gasteiger partial charge in [-0.15, -0.1) is 0 Å². The lowest BCUT2D eigenvalue weighted by molar-refractivity contribution is 0.111. The van der Waals surface area contributed by atoms with E-state index in [-0.39, 0.29) is 17.4 Å². The highest BCUT2D eigenvalue weighted by Crippen LogP contribution is 2.37. The first kappa shape index (κ1) is 22.2. The van der Waals surface area contributed by atoms with Crippen molar-refractivity contribution in [3.05, 3.63) is 51.4 Å². The third-order valence-corrected chi connectivity index (χ3v) is 6.06. The molecule has 1 saturated heterocycles. The summed E-state index contributed by atoms with van der Waals surface area (Å²) in [6.45, 7) is 11.0. The number of aromatic nitrogens is 1. The lowest BCUT2D eigenvalue weighted by atomic mass is 9.95. The lowest BCUT2D eigenvalue weighted by Crippen LogP contribution is -2.48. The maximum absolute atomic E-state index is 13.4. The first-order chi connectivity index (χ1) is 14.4. The molecule has 7 heteroatoms. The molecule has 1 aliphatic heterocycles. The molecule has 1 aliphatic rings. The van der Waals surface area contributed by atoms with E-state index in [1.807, 2.05) is 32.0 Å². The third-order valence-electron chi connectivity index (χ3n) is 6.06. The standard InChI is InChI=1S/C23H33N3O4/c1-6-24-10-12-25(13-11-24)22(17-8-9-19(29-4)20(15-17)30-5)21-18(27)14-16(3)26(7-2)23(21)28/h8-9,14-15,22,27H,6-7,10-13H2,1-5H3/t22-/m1/s1. The first-order valence-corrected chi connectivity index (χ1v) is 10.6. The normalized spacial score (nSPS) is 16.4. The molecular weight excluding hydrogens is 382 g/mol. The summed E-state index contributed by atoms with van der Waals surface area (Å²) in [4.78, 5) is 18.1. The Bertz CT molecular complexity index is 933. The van der Waals surface area contributed by atoms with Crippen molar-refractivity contribution in [3.63, 3.8) is 0 Å². The van der Waals surface area contributed by atoms with E-state index in [1.165, 1.54) is 0 Å². The highest BCUT2D eigenvalue weighted by Gasteiger charge is 2.31. The van der Waals surface area contributed by atoms with Crippen LogP contribution in [0.5, 0.6) is 17.2 Å². The van der Waals surface area contributed by atoms with Crippen molar-refractivity contribution in [2.75, 3.05) is 46.9 Å². The van der Waals surface area contributed by atoms with Crippen molar-refractivity contribution in [1.29, 1.82) is 0 Å². The Hall–Kier alpha value is -2.51. The molecule has 0 radical (unpaired) electrons. The first-order valence-electron chi connectivity index (χ1n) is 10.6. The van der Waals surface area contributed by atoms with Crippen LogP contribution < -0.4 is 15.0 Å². The van der Waals surface area contributed by atoms with Gasteiger partial charge in [-0.25, -0.2) is 0 Å². The van der Waals surface area contributed by atoms with Gasteiger partial charge in [0.05, 0.1) is 25.8 Å². The van der Waals surface area contributed by atoms with Crippen LogP contribution in [0.25, 0.3) is 0 Å². The molecule has 0 aliphatic carbocycles. The molecule has 164 valence electrons. The van der Waals surface area contributed by atoms with Crippen LogP contribution in [0, 0.1) is 6.92 Å². The van der Waals surface area contributed by atoms with Gasteiger partial charge in [0.25, 0.3) is 5.56 Å². The van der Waals surface area contributed by atoms with Crippen LogP contribution in [0.3, 0.4) is 0 Å². The number of ether oxygens (including phenoxy) is 2. The van der Waals surface area contributed by atoms with E-state index in [9.17, 15) is 9.90 Å². The Morgan fingerprint density at radius 2 is 1.67 bits per heavy atom. The Labute approximate surface area is 178 Å². The minimum absolute atomic E-state index is 0.0416. The number of pyridine rings is 1. The molecule has 0 spiro atoms. The number of aryl methyl sites for hydroxylation is 1. The zero-order valence-electron chi connectivity index (χ0n) is 18.6. The predicted octanol–water partition coefficient (Wildman–Crippen LogP) is 2.63. The monoisotopic (exact) mass is 415 g/mol. The smallest absolute Gasteiger partial charge is 0.259 e. The molecule has 0 amide bonds. The highest BCUT2D eigenvalue weighted by atomic mass is 16.5. The van der Waals surface area contributed by atoms with Crippen LogP contribution in [-0.2, 0) is 6.54 Å². The molecule has 0 bridgehead atoms. The van der Waals surface area contributed by atoms with Gasteiger partial charge in [-0.05, 0) is 44.2 Å².